The molecular weight excluding hydrogens is 310 g/mol. The van der Waals surface area contributed by atoms with Crippen molar-refractivity contribution in [3.8, 4) is 0 Å². The molecule has 2 atom stereocenters. The third-order valence-corrected chi connectivity index (χ3v) is 4.72. The van der Waals surface area contributed by atoms with E-state index in [9.17, 15) is 4.79 Å². The molecule has 5 heteroatoms. The predicted octanol–water partition coefficient (Wildman–Crippen LogP) is 2.69. The standard InChI is InChI=1S/C18H29N3O.ClH/c1-3-14(2)17(19)18(22)20-12-15-8-4-5-9-16(15)13-21-10-6-7-11-21;/h4-5,8-9,14,17H,3,6-7,10-13,19H2,1-2H3,(H,20,22);1H. The monoisotopic (exact) mass is 339 g/mol. The highest BCUT2D eigenvalue weighted by molar-refractivity contribution is 5.85. The molecule has 1 heterocycles. The smallest absolute Gasteiger partial charge is 0.237 e. The lowest BCUT2D eigenvalue weighted by atomic mass is 9.99. The molecular formula is C18H30ClN3O. The van der Waals surface area contributed by atoms with E-state index < -0.39 is 6.04 Å². The number of hydrogen-bond donors (Lipinski definition) is 2. The van der Waals surface area contributed by atoms with Gasteiger partial charge in [0.05, 0.1) is 6.04 Å². The number of amides is 1. The number of rotatable bonds is 7. The predicted molar refractivity (Wildman–Crippen MR) is 97.5 cm³/mol. The first-order valence-corrected chi connectivity index (χ1v) is 8.44. The Hall–Kier alpha value is -1.10. The van der Waals surface area contributed by atoms with Gasteiger partial charge in [-0.2, -0.15) is 0 Å². The van der Waals surface area contributed by atoms with Crippen molar-refractivity contribution < 1.29 is 4.79 Å². The Morgan fingerprint density at radius 3 is 2.48 bits per heavy atom. The second-order valence-corrected chi connectivity index (χ2v) is 6.38. The summed E-state index contributed by atoms with van der Waals surface area (Å²) >= 11 is 0. The molecule has 0 aliphatic carbocycles. The summed E-state index contributed by atoms with van der Waals surface area (Å²) in [4.78, 5) is 14.6. The van der Waals surface area contributed by atoms with Gasteiger partial charge in [0, 0.05) is 13.1 Å². The minimum atomic E-state index is -0.421. The van der Waals surface area contributed by atoms with E-state index in [2.05, 4.69) is 35.3 Å². The van der Waals surface area contributed by atoms with Crippen LogP contribution in [0.5, 0.6) is 0 Å². The number of nitrogens with two attached hydrogens (primary N) is 1. The third kappa shape index (κ3) is 5.79. The Labute approximate surface area is 146 Å². The average molecular weight is 340 g/mol. The lowest BCUT2D eigenvalue weighted by Crippen LogP contribution is -2.44. The van der Waals surface area contributed by atoms with Crippen molar-refractivity contribution in [1.82, 2.24) is 10.2 Å². The molecule has 23 heavy (non-hydrogen) atoms. The van der Waals surface area contributed by atoms with Crippen molar-refractivity contribution in [2.75, 3.05) is 13.1 Å². The van der Waals surface area contributed by atoms with Gasteiger partial charge in [-0.05, 0) is 43.0 Å². The van der Waals surface area contributed by atoms with E-state index in [0.717, 1.165) is 13.0 Å². The second-order valence-electron chi connectivity index (χ2n) is 6.38. The van der Waals surface area contributed by atoms with Crippen molar-refractivity contribution in [3.05, 3.63) is 35.4 Å². The highest BCUT2D eigenvalue weighted by Gasteiger charge is 2.19. The molecule has 1 aliphatic heterocycles. The fraction of sp³-hybridized carbons (Fsp3) is 0.611. The van der Waals surface area contributed by atoms with Crippen molar-refractivity contribution in [3.63, 3.8) is 0 Å². The van der Waals surface area contributed by atoms with Crippen molar-refractivity contribution in [2.45, 2.75) is 52.2 Å². The van der Waals surface area contributed by atoms with Gasteiger partial charge in [-0.3, -0.25) is 9.69 Å². The molecule has 4 nitrogen and oxygen atoms in total. The number of hydrogen-bond acceptors (Lipinski definition) is 3. The van der Waals surface area contributed by atoms with Crippen LogP contribution in [0.4, 0.5) is 0 Å². The van der Waals surface area contributed by atoms with Crippen molar-refractivity contribution in [1.29, 1.82) is 0 Å². The summed E-state index contributed by atoms with van der Waals surface area (Å²) in [6, 6.07) is 7.94. The number of likely N-dealkylation sites (tertiary alicyclic amines) is 1. The van der Waals surface area contributed by atoms with Gasteiger partial charge < -0.3 is 11.1 Å². The highest BCUT2D eigenvalue weighted by Crippen LogP contribution is 2.16. The van der Waals surface area contributed by atoms with Gasteiger partial charge in [0.25, 0.3) is 0 Å². The zero-order valence-corrected chi connectivity index (χ0v) is 15.1. The molecule has 1 saturated heterocycles. The van der Waals surface area contributed by atoms with Gasteiger partial charge in [-0.25, -0.2) is 0 Å². The molecule has 0 spiro atoms. The van der Waals surface area contributed by atoms with Crippen LogP contribution in [0.1, 0.15) is 44.2 Å². The van der Waals surface area contributed by atoms with Crippen LogP contribution in [0.25, 0.3) is 0 Å². The summed E-state index contributed by atoms with van der Waals surface area (Å²) in [5.74, 6) is 0.158. The summed E-state index contributed by atoms with van der Waals surface area (Å²) in [5.41, 5.74) is 8.49. The molecule has 1 aromatic carbocycles. The number of halogens is 1. The van der Waals surface area contributed by atoms with E-state index in [-0.39, 0.29) is 24.2 Å². The third-order valence-electron chi connectivity index (χ3n) is 4.72. The van der Waals surface area contributed by atoms with Crippen LogP contribution >= 0.6 is 12.4 Å². The fourth-order valence-corrected chi connectivity index (χ4v) is 2.88. The van der Waals surface area contributed by atoms with E-state index >= 15 is 0 Å². The fourth-order valence-electron chi connectivity index (χ4n) is 2.88. The first-order chi connectivity index (χ1) is 10.6. The molecule has 1 fully saturated rings. The Kier molecular flexibility index (Phi) is 8.59. The Bertz CT molecular complexity index is 489. The van der Waals surface area contributed by atoms with Crippen molar-refractivity contribution in [2.24, 2.45) is 11.7 Å². The number of benzene rings is 1. The number of carbonyl (C=O) groups excluding carboxylic acids is 1. The summed E-state index contributed by atoms with van der Waals surface area (Å²) in [5, 5.41) is 3.00. The normalized spacial score (nSPS) is 17.3. The molecule has 0 radical (unpaired) electrons. The van der Waals surface area contributed by atoms with Crippen LogP contribution in [0.3, 0.4) is 0 Å². The zero-order chi connectivity index (χ0) is 15.9. The number of nitrogens with zero attached hydrogens (tertiary/aromatic N) is 1. The Morgan fingerprint density at radius 2 is 1.87 bits per heavy atom. The highest BCUT2D eigenvalue weighted by atomic mass is 35.5. The molecule has 0 saturated carbocycles. The van der Waals surface area contributed by atoms with E-state index in [1.165, 1.54) is 37.1 Å². The van der Waals surface area contributed by atoms with Crippen LogP contribution < -0.4 is 11.1 Å². The van der Waals surface area contributed by atoms with Gasteiger partial charge in [-0.15, -0.1) is 12.4 Å². The first-order valence-electron chi connectivity index (χ1n) is 8.44. The minimum absolute atomic E-state index is 0. The quantitative estimate of drug-likeness (QED) is 0.803. The molecule has 1 aliphatic rings. The van der Waals surface area contributed by atoms with E-state index in [1.54, 1.807) is 0 Å². The molecule has 1 amide bonds. The maximum atomic E-state index is 12.1. The minimum Gasteiger partial charge on any atom is -0.351 e. The lowest BCUT2D eigenvalue weighted by Gasteiger charge is -2.20. The molecule has 1 aromatic rings. The van der Waals surface area contributed by atoms with Gasteiger partial charge in [-0.1, -0.05) is 44.5 Å². The SMILES string of the molecule is CCC(C)C(N)C(=O)NCc1ccccc1CN1CCCC1.Cl. The molecule has 2 rings (SSSR count). The average Bonchev–Trinajstić information content (AvgIpc) is 3.05. The zero-order valence-electron chi connectivity index (χ0n) is 14.3. The molecule has 2 unspecified atom stereocenters. The number of nitrogens with one attached hydrogen (secondary N) is 1. The summed E-state index contributed by atoms with van der Waals surface area (Å²) < 4.78 is 0. The Balaban J connectivity index is 0.00000264. The van der Waals surface area contributed by atoms with Gasteiger partial charge >= 0.3 is 0 Å². The van der Waals surface area contributed by atoms with Crippen LogP contribution in [0.2, 0.25) is 0 Å². The maximum Gasteiger partial charge on any atom is 0.237 e. The summed E-state index contributed by atoms with van der Waals surface area (Å²) in [6.45, 7) is 7.98. The second kappa shape index (κ2) is 9.91. The summed E-state index contributed by atoms with van der Waals surface area (Å²) in [7, 11) is 0. The van der Waals surface area contributed by atoms with Crippen LogP contribution in [0.15, 0.2) is 24.3 Å². The van der Waals surface area contributed by atoms with E-state index in [4.69, 9.17) is 5.73 Å². The van der Waals surface area contributed by atoms with Crippen LogP contribution in [0, 0.1) is 5.92 Å². The van der Waals surface area contributed by atoms with E-state index in [1.807, 2.05) is 13.0 Å². The van der Waals surface area contributed by atoms with Crippen LogP contribution in [-0.2, 0) is 17.9 Å². The number of carbonyl (C=O) groups is 1. The molecule has 0 bridgehead atoms. The van der Waals surface area contributed by atoms with Gasteiger partial charge in [0.1, 0.15) is 0 Å². The van der Waals surface area contributed by atoms with Gasteiger partial charge in [0.2, 0.25) is 5.91 Å². The molecule has 3 N–H and O–H groups in total. The van der Waals surface area contributed by atoms with Crippen molar-refractivity contribution >= 4 is 18.3 Å². The van der Waals surface area contributed by atoms with Gasteiger partial charge in [0.15, 0.2) is 0 Å². The largest absolute Gasteiger partial charge is 0.351 e. The molecule has 0 aromatic heterocycles. The Morgan fingerprint density at radius 1 is 1.26 bits per heavy atom. The van der Waals surface area contributed by atoms with Crippen LogP contribution in [-0.4, -0.2) is 29.9 Å². The van der Waals surface area contributed by atoms with E-state index in [0.29, 0.717) is 6.54 Å². The first kappa shape index (κ1) is 19.9. The maximum absolute atomic E-state index is 12.1. The molecule has 130 valence electrons. The lowest BCUT2D eigenvalue weighted by molar-refractivity contribution is -0.123. The summed E-state index contributed by atoms with van der Waals surface area (Å²) in [6.07, 6.45) is 3.51. The topological polar surface area (TPSA) is 58.4 Å².